The van der Waals surface area contributed by atoms with Gasteiger partial charge in [0.05, 0.1) is 25.0 Å². The number of fused-ring (bicyclic) bond motifs is 1. The third-order valence-corrected chi connectivity index (χ3v) is 4.95. The highest BCUT2D eigenvalue weighted by atomic mass is 35.5. The third kappa shape index (κ3) is 3.88. The van der Waals surface area contributed by atoms with Crippen molar-refractivity contribution in [1.82, 2.24) is 5.32 Å². The van der Waals surface area contributed by atoms with Crippen molar-refractivity contribution in [2.24, 2.45) is 5.16 Å². The Kier molecular flexibility index (Phi) is 5.35. The summed E-state index contributed by atoms with van der Waals surface area (Å²) in [6.07, 6.45) is -0.434. The van der Waals surface area contributed by atoms with Gasteiger partial charge in [-0.1, -0.05) is 22.8 Å². The van der Waals surface area contributed by atoms with E-state index in [0.29, 0.717) is 52.3 Å². The lowest BCUT2D eigenvalue weighted by Crippen LogP contribution is -2.34. The largest absolute Gasteiger partial charge is 0.496 e. The van der Waals surface area contributed by atoms with Gasteiger partial charge < -0.3 is 29.1 Å². The van der Waals surface area contributed by atoms with Gasteiger partial charge in [0.15, 0.2) is 11.5 Å². The first kappa shape index (κ1) is 19.2. The van der Waals surface area contributed by atoms with Gasteiger partial charge in [-0.2, -0.15) is 0 Å². The van der Waals surface area contributed by atoms with Gasteiger partial charge in [0.2, 0.25) is 12.9 Å². The van der Waals surface area contributed by atoms with Crippen molar-refractivity contribution < 1.29 is 28.6 Å². The smallest absolute Gasteiger partial charge is 0.264 e. The fourth-order valence-corrected chi connectivity index (χ4v) is 3.36. The van der Waals surface area contributed by atoms with Crippen LogP contribution in [0.25, 0.3) is 0 Å². The molecule has 0 saturated carbocycles. The van der Waals surface area contributed by atoms with Gasteiger partial charge >= 0.3 is 0 Å². The Morgan fingerprint density at radius 1 is 1.17 bits per heavy atom. The minimum Gasteiger partial charge on any atom is -0.496 e. The van der Waals surface area contributed by atoms with Crippen LogP contribution in [0.4, 0.5) is 0 Å². The molecule has 0 saturated heterocycles. The molecule has 0 aromatic heterocycles. The van der Waals surface area contributed by atoms with E-state index in [1.807, 2.05) is 18.2 Å². The van der Waals surface area contributed by atoms with Crippen molar-refractivity contribution in [1.29, 1.82) is 0 Å². The lowest BCUT2D eigenvalue weighted by molar-refractivity contribution is -0.131. The number of ether oxygens (including phenoxy) is 4. The van der Waals surface area contributed by atoms with Crippen LogP contribution in [0.3, 0.4) is 0 Å². The summed E-state index contributed by atoms with van der Waals surface area (Å²) in [5.41, 5.74) is 2.13. The first-order chi connectivity index (χ1) is 14.1. The van der Waals surface area contributed by atoms with E-state index in [1.54, 1.807) is 12.1 Å². The molecule has 0 fully saturated rings. The predicted molar refractivity (Wildman–Crippen MR) is 105 cm³/mol. The van der Waals surface area contributed by atoms with E-state index in [-0.39, 0.29) is 12.7 Å². The number of nitrogens with zero attached hydrogens (tertiary/aromatic N) is 1. The SMILES string of the molecule is COc1cc(OC)c(C2=NO[C@@H](C(=O)NCc3ccc4c(c3)OCO4)C2)cc1Cl. The zero-order valence-corrected chi connectivity index (χ0v) is 16.6. The summed E-state index contributed by atoms with van der Waals surface area (Å²) < 4.78 is 21.2. The quantitative estimate of drug-likeness (QED) is 0.776. The summed E-state index contributed by atoms with van der Waals surface area (Å²) >= 11 is 6.22. The molecule has 2 heterocycles. The third-order valence-electron chi connectivity index (χ3n) is 4.65. The van der Waals surface area contributed by atoms with E-state index < -0.39 is 6.10 Å². The first-order valence-electron chi connectivity index (χ1n) is 8.90. The molecule has 152 valence electrons. The molecule has 2 aliphatic rings. The highest BCUT2D eigenvalue weighted by molar-refractivity contribution is 6.32. The number of halogens is 1. The van der Waals surface area contributed by atoms with E-state index in [2.05, 4.69) is 10.5 Å². The van der Waals surface area contributed by atoms with Gasteiger partial charge in [0.25, 0.3) is 5.91 Å². The average Bonchev–Trinajstić information content (AvgIpc) is 3.41. The normalized spacial score (nSPS) is 16.8. The van der Waals surface area contributed by atoms with Gasteiger partial charge in [-0.25, -0.2) is 0 Å². The summed E-state index contributed by atoms with van der Waals surface area (Å²) in [6, 6.07) is 8.89. The molecule has 4 rings (SSSR count). The number of hydrogen-bond acceptors (Lipinski definition) is 7. The van der Waals surface area contributed by atoms with Gasteiger partial charge in [0.1, 0.15) is 11.5 Å². The molecule has 0 unspecified atom stereocenters. The second-order valence-electron chi connectivity index (χ2n) is 6.43. The molecule has 1 atom stereocenters. The highest BCUT2D eigenvalue weighted by Crippen LogP contribution is 2.35. The second kappa shape index (κ2) is 8.08. The maximum atomic E-state index is 12.5. The molecular formula is C20H19ClN2O6. The van der Waals surface area contributed by atoms with E-state index in [9.17, 15) is 4.79 Å². The molecule has 2 aromatic rings. The lowest BCUT2D eigenvalue weighted by atomic mass is 10.0. The van der Waals surface area contributed by atoms with Crippen molar-refractivity contribution >= 4 is 23.2 Å². The summed E-state index contributed by atoms with van der Waals surface area (Å²) in [4.78, 5) is 17.8. The molecule has 9 heteroatoms. The van der Waals surface area contributed by atoms with Crippen molar-refractivity contribution in [3.63, 3.8) is 0 Å². The Morgan fingerprint density at radius 3 is 2.76 bits per heavy atom. The Morgan fingerprint density at radius 2 is 1.97 bits per heavy atom. The number of amides is 1. The van der Waals surface area contributed by atoms with Gasteiger partial charge in [-0.05, 0) is 23.8 Å². The molecular weight excluding hydrogens is 400 g/mol. The number of carbonyl (C=O) groups is 1. The zero-order valence-electron chi connectivity index (χ0n) is 15.9. The number of carbonyl (C=O) groups excluding carboxylic acids is 1. The number of rotatable bonds is 6. The number of nitrogens with one attached hydrogen (secondary N) is 1. The topological polar surface area (TPSA) is 87.6 Å². The minimum atomic E-state index is -0.732. The lowest BCUT2D eigenvalue weighted by Gasteiger charge is -2.12. The Labute approximate surface area is 172 Å². The van der Waals surface area contributed by atoms with E-state index in [4.69, 9.17) is 35.4 Å². The van der Waals surface area contributed by atoms with Crippen molar-refractivity contribution in [3.05, 3.63) is 46.5 Å². The van der Waals surface area contributed by atoms with E-state index in [0.717, 1.165) is 5.56 Å². The summed E-state index contributed by atoms with van der Waals surface area (Å²) in [5.74, 6) is 2.13. The van der Waals surface area contributed by atoms with Crippen molar-refractivity contribution in [2.45, 2.75) is 19.1 Å². The van der Waals surface area contributed by atoms with Gasteiger partial charge in [-0.3, -0.25) is 4.79 Å². The van der Waals surface area contributed by atoms with Gasteiger partial charge in [0, 0.05) is 24.6 Å². The van der Waals surface area contributed by atoms with Crippen LogP contribution < -0.4 is 24.3 Å². The predicted octanol–water partition coefficient (Wildman–Crippen LogP) is 2.90. The van der Waals surface area contributed by atoms with Gasteiger partial charge in [-0.15, -0.1) is 0 Å². The van der Waals surface area contributed by atoms with E-state index >= 15 is 0 Å². The van der Waals surface area contributed by atoms with Crippen LogP contribution in [0.5, 0.6) is 23.0 Å². The van der Waals surface area contributed by atoms with Crippen molar-refractivity contribution in [3.8, 4) is 23.0 Å². The molecule has 29 heavy (non-hydrogen) atoms. The summed E-state index contributed by atoms with van der Waals surface area (Å²) in [6.45, 7) is 0.544. The molecule has 0 aliphatic carbocycles. The van der Waals surface area contributed by atoms with Crippen LogP contribution in [-0.4, -0.2) is 38.7 Å². The highest BCUT2D eigenvalue weighted by Gasteiger charge is 2.30. The molecule has 8 nitrogen and oxygen atoms in total. The number of hydrogen-bond donors (Lipinski definition) is 1. The second-order valence-corrected chi connectivity index (χ2v) is 6.84. The molecule has 0 bridgehead atoms. The van der Waals surface area contributed by atoms with Crippen LogP contribution in [-0.2, 0) is 16.2 Å². The Bertz CT molecular complexity index is 978. The Balaban J connectivity index is 1.39. The van der Waals surface area contributed by atoms with E-state index in [1.165, 1.54) is 14.2 Å². The number of methoxy groups -OCH3 is 2. The molecule has 2 aliphatic heterocycles. The van der Waals surface area contributed by atoms with Crippen LogP contribution >= 0.6 is 11.6 Å². The maximum Gasteiger partial charge on any atom is 0.264 e. The zero-order chi connectivity index (χ0) is 20.4. The molecule has 2 aromatic carbocycles. The first-order valence-corrected chi connectivity index (χ1v) is 9.27. The fourth-order valence-electron chi connectivity index (χ4n) is 3.12. The standard InChI is InChI=1S/C20H19ClN2O6/c1-25-16-8-17(26-2)13(21)6-12(16)14-7-19(29-23-14)20(24)22-9-11-3-4-15-18(5-11)28-10-27-15/h3-6,8,19H,7,9-10H2,1-2H3,(H,22,24)/t19-/m1/s1. The Hall–Kier alpha value is -3.13. The summed E-state index contributed by atoms with van der Waals surface area (Å²) in [7, 11) is 3.06. The van der Waals surface area contributed by atoms with Crippen LogP contribution in [0, 0.1) is 0 Å². The maximum absolute atomic E-state index is 12.5. The summed E-state index contributed by atoms with van der Waals surface area (Å²) in [5, 5.41) is 7.33. The molecule has 0 spiro atoms. The van der Waals surface area contributed by atoms with Crippen LogP contribution in [0.2, 0.25) is 5.02 Å². The van der Waals surface area contributed by atoms with Crippen LogP contribution in [0.15, 0.2) is 35.5 Å². The van der Waals surface area contributed by atoms with Crippen molar-refractivity contribution in [2.75, 3.05) is 21.0 Å². The van der Waals surface area contributed by atoms with Crippen LogP contribution in [0.1, 0.15) is 17.5 Å². The fraction of sp³-hybridized carbons (Fsp3) is 0.300. The molecule has 1 N–H and O–H groups in total. The minimum absolute atomic E-state index is 0.208. The molecule has 0 radical (unpaired) electrons. The monoisotopic (exact) mass is 418 g/mol. The number of oxime groups is 1. The number of benzene rings is 2. The molecule has 1 amide bonds. The average molecular weight is 419 g/mol.